The van der Waals surface area contributed by atoms with Gasteiger partial charge in [0, 0.05) is 29.2 Å². The molecule has 3 rings (SSSR count). The number of para-hydroxylation sites is 2. The number of carbonyl (C=O) groups is 2. The van der Waals surface area contributed by atoms with Crippen molar-refractivity contribution in [3.05, 3.63) is 88.9 Å². The fourth-order valence-electron chi connectivity index (χ4n) is 2.93. The van der Waals surface area contributed by atoms with Crippen molar-refractivity contribution in [3.8, 4) is 0 Å². The van der Waals surface area contributed by atoms with Gasteiger partial charge in [0.2, 0.25) is 10.0 Å². The number of carbonyl (C=O) groups excluding carboxylic acids is 2. The summed E-state index contributed by atoms with van der Waals surface area (Å²) in [5.74, 6) is -0.870. The zero-order valence-corrected chi connectivity index (χ0v) is 19.9. The number of anilines is 2. The Bertz CT molecular complexity index is 1270. The molecular formula is C24H24ClN3O4S. The molecule has 0 aliphatic carbocycles. The maximum atomic E-state index is 12.9. The first-order valence-electron chi connectivity index (χ1n) is 10.1. The van der Waals surface area contributed by atoms with Crippen LogP contribution in [0.1, 0.15) is 34.6 Å². The second kappa shape index (κ2) is 10.2. The molecule has 0 saturated carbocycles. The van der Waals surface area contributed by atoms with Crippen molar-refractivity contribution < 1.29 is 18.0 Å². The Labute approximate surface area is 198 Å². The molecule has 0 aromatic heterocycles. The quantitative estimate of drug-likeness (QED) is 0.499. The van der Waals surface area contributed by atoms with Crippen LogP contribution in [0.25, 0.3) is 0 Å². The molecule has 0 heterocycles. The monoisotopic (exact) mass is 485 g/mol. The summed E-state index contributed by atoms with van der Waals surface area (Å²) in [4.78, 5) is 25.5. The average molecular weight is 486 g/mol. The van der Waals surface area contributed by atoms with E-state index in [9.17, 15) is 18.0 Å². The molecule has 9 heteroatoms. The van der Waals surface area contributed by atoms with E-state index in [1.807, 2.05) is 0 Å². The van der Waals surface area contributed by atoms with E-state index in [-0.39, 0.29) is 22.4 Å². The molecular weight excluding hydrogens is 462 g/mol. The van der Waals surface area contributed by atoms with Gasteiger partial charge in [-0.3, -0.25) is 9.59 Å². The van der Waals surface area contributed by atoms with Crippen molar-refractivity contribution >= 4 is 44.8 Å². The molecule has 0 radical (unpaired) electrons. The first kappa shape index (κ1) is 24.4. The van der Waals surface area contributed by atoms with Gasteiger partial charge in [0.05, 0.1) is 16.3 Å². The molecule has 0 aliphatic rings. The molecule has 0 unspecified atom stereocenters. The Morgan fingerprint density at radius 2 is 1.36 bits per heavy atom. The molecule has 0 fully saturated rings. The van der Waals surface area contributed by atoms with Gasteiger partial charge in [0.15, 0.2) is 0 Å². The van der Waals surface area contributed by atoms with Crippen LogP contribution >= 0.6 is 11.6 Å². The highest BCUT2D eigenvalue weighted by atomic mass is 35.5. The lowest BCUT2D eigenvalue weighted by Crippen LogP contribution is -2.33. The van der Waals surface area contributed by atoms with E-state index in [2.05, 4.69) is 10.6 Å². The Morgan fingerprint density at radius 3 is 1.91 bits per heavy atom. The van der Waals surface area contributed by atoms with Gasteiger partial charge >= 0.3 is 0 Å². The molecule has 2 N–H and O–H groups in total. The predicted octanol–water partition coefficient (Wildman–Crippen LogP) is 4.87. The predicted molar refractivity (Wildman–Crippen MR) is 130 cm³/mol. The Balaban J connectivity index is 1.82. The third-order valence-electron chi connectivity index (χ3n) is 5.03. The van der Waals surface area contributed by atoms with Gasteiger partial charge in [-0.25, -0.2) is 8.42 Å². The molecule has 0 aliphatic heterocycles. The molecule has 7 nitrogen and oxygen atoms in total. The number of nitrogens with one attached hydrogen (secondary N) is 2. The number of sulfonamides is 1. The number of halogens is 1. The van der Waals surface area contributed by atoms with Gasteiger partial charge in [-0.1, -0.05) is 29.8 Å². The van der Waals surface area contributed by atoms with Crippen molar-refractivity contribution in [2.45, 2.75) is 24.8 Å². The summed E-state index contributed by atoms with van der Waals surface area (Å²) >= 11 is 5.87. The molecule has 0 atom stereocenters. The van der Waals surface area contributed by atoms with Gasteiger partial charge < -0.3 is 10.6 Å². The minimum Gasteiger partial charge on any atom is -0.320 e. The molecule has 2 amide bonds. The highest BCUT2D eigenvalue weighted by Gasteiger charge is 2.24. The zero-order chi connectivity index (χ0) is 24.2. The third-order valence-corrected chi connectivity index (χ3v) is 7.31. The van der Waals surface area contributed by atoms with Crippen molar-refractivity contribution in [2.75, 3.05) is 17.7 Å². The summed E-state index contributed by atoms with van der Waals surface area (Å²) in [5, 5.41) is 6.02. The fourth-order valence-corrected chi connectivity index (χ4v) is 4.47. The zero-order valence-electron chi connectivity index (χ0n) is 18.4. The second-order valence-electron chi connectivity index (χ2n) is 7.60. The van der Waals surface area contributed by atoms with Crippen LogP contribution in [-0.4, -0.2) is 37.6 Å². The smallest absolute Gasteiger partial charge is 0.255 e. The highest BCUT2D eigenvalue weighted by molar-refractivity contribution is 7.89. The minimum absolute atomic E-state index is 0.0238. The van der Waals surface area contributed by atoms with Gasteiger partial charge in [-0.15, -0.1) is 0 Å². The van der Waals surface area contributed by atoms with E-state index in [1.54, 1.807) is 62.4 Å². The second-order valence-corrected chi connectivity index (χ2v) is 10.0. The summed E-state index contributed by atoms with van der Waals surface area (Å²) in [7, 11) is -2.25. The van der Waals surface area contributed by atoms with Crippen LogP contribution in [0.15, 0.2) is 77.7 Å². The van der Waals surface area contributed by atoms with Crippen molar-refractivity contribution in [3.63, 3.8) is 0 Å². The normalized spacial score (nSPS) is 11.5. The van der Waals surface area contributed by atoms with Crippen LogP contribution in [0.3, 0.4) is 0 Å². The van der Waals surface area contributed by atoms with E-state index >= 15 is 0 Å². The summed E-state index contributed by atoms with van der Waals surface area (Å²) in [6.45, 7) is 3.53. The lowest BCUT2D eigenvalue weighted by atomic mass is 10.2. The van der Waals surface area contributed by atoms with E-state index in [0.717, 1.165) is 0 Å². The Hall–Kier alpha value is -3.20. The standard InChI is InChI=1S/C24H24ClN3O4S/c1-16(2)28(3)33(31,32)20-8-6-7-18(15-20)24(30)27-22-10-5-4-9-21(22)26-23(29)17-11-13-19(25)14-12-17/h4-16H,1-3H3,(H,26,29)(H,27,30). The number of rotatable bonds is 7. The Kier molecular flexibility index (Phi) is 7.53. The maximum absolute atomic E-state index is 12.9. The molecule has 3 aromatic carbocycles. The third kappa shape index (κ3) is 5.78. The molecule has 3 aromatic rings. The average Bonchev–Trinajstić information content (AvgIpc) is 2.80. The largest absolute Gasteiger partial charge is 0.320 e. The number of nitrogens with zero attached hydrogens (tertiary/aromatic N) is 1. The topological polar surface area (TPSA) is 95.6 Å². The maximum Gasteiger partial charge on any atom is 0.255 e. The van der Waals surface area contributed by atoms with E-state index in [4.69, 9.17) is 11.6 Å². The summed E-state index contributed by atoms with van der Waals surface area (Å²) in [6.07, 6.45) is 0. The highest BCUT2D eigenvalue weighted by Crippen LogP contribution is 2.24. The molecule has 33 heavy (non-hydrogen) atoms. The summed E-state index contributed by atoms with van der Waals surface area (Å²) in [6, 6.07) is 18.7. The van der Waals surface area contributed by atoms with E-state index in [1.165, 1.54) is 35.6 Å². The van der Waals surface area contributed by atoms with Crippen LogP contribution in [-0.2, 0) is 10.0 Å². The van der Waals surface area contributed by atoms with Crippen LogP contribution in [0.5, 0.6) is 0 Å². The molecule has 0 bridgehead atoms. The molecule has 172 valence electrons. The van der Waals surface area contributed by atoms with Gasteiger partial charge in [0.1, 0.15) is 0 Å². The van der Waals surface area contributed by atoms with Crippen molar-refractivity contribution in [2.24, 2.45) is 0 Å². The SMILES string of the molecule is CC(C)N(C)S(=O)(=O)c1cccc(C(=O)Nc2ccccc2NC(=O)c2ccc(Cl)cc2)c1. The van der Waals surface area contributed by atoms with Crippen LogP contribution in [0.2, 0.25) is 5.02 Å². The van der Waals surface area contributed by atoms with Crippen molar-refractivity contribution in [1.29, 1.82) is 0 Å². The van der Waals surface area contributed by atoms with E-state index < -0.39 is 15.9 Å². The minimum atomic E-state index is -3.74. The summed E-state index contributed by atoms with van der Waals surface area (Å²) < 4.78 is 26.8. The lowest BCUT2D eigenvalue weighted by Gasteiger charge is -2.21. The fraction of sp³-hybridized carbons (Fsp3) is 0.167. The number of benzene rings is 3. The lowest BCUT2D eigenvalue weighted by molar-refractivity contribution is 0.101. The van der Waals surface area contributed by atoms with E-state index in [0.29, 0.717) is 22.0 Å². The van der Waals surface area contributed by atoms with Crippen LogP contribution in [0.4, 0.5) is 11.4 Å². The number of hydrogen-bond donors (Lipinski definition) is 2. The van der Waals surface area contributed by atoms with Gasteiger partial charge in [-0.2, -0.15) is 4.31 Å². The number of hydrogen-bond acceptors (Lipinski definition) is 4. The first-order chi connectivity index (χ1) is 15.6. The molecule has 0 saturated heterocycles. The van der Waals surface area contributed by atoms with Crippen LogP contribution < -0.4 is 10.6 Å². The first-order valence-corrected chi connectivity index (χ1v) is 12.0. The molecule has 0 spiro atoms. The van der Waals surface area contributed by atoms with Gasteiger partial charge in [0.25, 0.3) is 11.8 Å². The summed E-state index contributed by atoms with van der Waals surface area (Å²) in [5.41, 5.74) is 1.35. The van der Waals surface area contributed by atoms with Crippen molar-refractivity contribution in [1.82, 2.24) is 4.31 Å². The Morgan fingerprint density at radius 1 is 0.818 bits per heavy atom. The van der Waals surface area contributed by atoms with Crippen LogP contribution in [0, 0.1) is 0 Å². The number of amides is 2. The van der Waals surface area contributed by atoms with Gasteiger partial charge in [-0.05, 0) is 68.4 Å².